The van der Waals surface area contributed by atoms with E-state index in [2.05, 4.69) is 19.2 Å². The van der Waals surface area contributed by atoms with Gasteiger partial charge in [0.2, 0.25) is 0 Å². The molecule has 0 spiro atoms. The lowest BCUT2D eigenvalue weighted by atomic mass is 10.1. The Morgan fingerprint density at radius 2 is 1.88 bits per heavy atom. The first-order valence-electron chi connectivity index (χ1n) is 6.53. The Kier molecular flexibility index (Phi) is 8.29. The highest BCUT2D eigenvalue weighted by atomic mass is 32.2. The van der Waals surface area contributed by atoms with Crippen molar-refractivity contribution in [3.05, 3.63) is 0 Å². The number of hydrogen-bond donors (Lipinski definition) is 1. The van der Waals surface area contributed by atoms with Crippen molar-refractivity contribution in [1.82, 2.24) is 5.32 Å². The van der Waals surface area contributed by atoms with Gasteiger partial charge < -0.3 is 5.32 Å². The summed E-state index contributed by atoms with van der Waals surface area (Å²) in [5.41, 5.74) is 0. The van der Waals surface area contributed by atoms with Crippen molar-refractivity contribution < 1.29 is 4.21 Å². The van der Waals surface area contributed by atoms with Gasteiger partial charge in [-0.05, 0) is 33.6 Å². The largest absolute Gasteiger partial charge is 0.313 e. The van der Waals surface area contributed by atoms with Crippen LogP contribution in [-0.4, -0.2) is 27.3 Å². The van der Waals surface area contributed by atoms with Crippen LogP contribution in [0.1, 0.15) is 60.3 Å². The molecule has 0 aliphatic heterocycles. The molecule has 0 aliphatic carbocycles. The van der Waals surface area contributed by atoms with Gasteiger partial charge >= 0.3 is 0 Å². The van der Waals surface area contributed by atoms with Crippen molar-refractivity contribution in [2.45, 2.75) is 71.1 Å². The summed E-state index contributed by atoms with van der Waals surface area (Å²) in [6.07, 6.45) is 4.96. The second-order valence-electron chi connectivity index (χ2n) is 5.36. The molecule has 0 aliphatic rings. The minimum Gasteiger partial charge on any atom is -0.313 e. The van der Waals surface area contributed by atoms with Crippen LogP contribution in [0.25, 0.3) is 0 Å². The second-order valence-corrected chi connectivity index (χ2v) is 7.69. The van der Waals surface area contributed by atoms with Crippen molar-refractivity contribution in [2.75, 3.05) is 12.3 Å². The highest BCUT2D eigenvalue weighted by Crippen LogP contribution is 2.11. The molecule has 0 aromatic carbocycles. The van der Waals surface area contributed by atoms with Crippen LogP contribution >= 0.6 is 0 Å². The Labute approximate surface area is 104 Å². The first kappa shape index (κ1) is 16.1. The standard InChI is InChI=1S/C13H29NOS/c1-6-8-9-12(7-2)14-10-11-16(15)13(3,4)5/h12,14H,6-11H2,1-5H3. The van der Waals surface area contributed by atoms with E-state index in [1.54, 1.807) is 0 Å². The molecule has 16 heavy (non-hydrogen) atoms. The fourth-order valence-electron chi connectivity index (χ4n) is 1.56. The Balaban J connectivity index is 3.74. The van der Waals surface area contributed by atoms with Gasteiger partial charge in [0.15, 0.2) is 0 Å². The molecule has 2 atom stereocenters. The Hall–Kier alpha value is 0.110. The monoisotopic (exact) mass is 247 g/mol. The number of rotatable bonds is 8. The normalized spacial score (nSPS) is 16.1. The molecule has 98 valence electrons. The maximum Gasteiger partial charge on any atom is 0.0375 e. The van der Waals surface area contributed by atoms with Crippen LogP contribution in [0, 0.1) is 0 Å². The summed E-state index contributed by atoms with van der Waals surface area (Å²) < 4.78 is 11.7. The van der Waals surface area contributed by atoms with Crippen molar-refractivity contribution in [1.29, 1.82) is 0 Å². The zero-order valence-electron chi connectivity index (χ0n) is 11.6. The minimum absolute atomic E-state index is 0.0766. The maximum absolute atomic E-state index is 11.8. The molecule has 0 rings (SSSR count). The number of unbranched alkanes of at least 4 members (excludes halogenated alkanes) is 1. The van der Waals surface area contributed by atoms with Gasteiger partial charge in [-0.15, -0.1) is 0 Å². The Bertz CT molecular complexity index is 199. The molecule has 0 saturated heterocycles. The van der Waals surface area contributed by atoms with E-state index in [9.17, 15) is 4.21 Å². The number of hydrogen-bond acceptors (Lipinski definition) is 2. The average Bonchev–Trinajstić information content (AvgIpc) is 2.21. The lowest BCUT2D eigenvalue weighted by molar-refractivity contribution is 0.464. The molecule has 0 amide bonds. The predicted octanol–water partition coefficient (Wildman–Crippen LogP) is 3.09. The fourth-order valence-corrected chi connectivity index (χ4v) is 2.48. The van der Waals surface area contributed by atoms with Gasteiger partial charge in [-0.1, -0.05) is 26.7 Å². The van der Waals surface area contributed by atoms with Crippen molar-refractivity contribution in [3.8, 4) is 0 Å². The average molecular weight is 247 g/mol. The van der Waals surface area contributed by atoms with Crippen LogP contribution in [0.15, 0.2) is 0 Å². The van der Waals surface area contributed by atoms with E-state index in [1.807, 2.05) is 20.8 Å². The summed E-state index contributed by atoms with van der Waals surface area (Å²) >= 11 is 0. The molecular formula is C13H29NOS. The van der Waals surface area contributed by atoms with E-state index >= 15 is 0 Å². The third-order valence-corrected chi connectivity index (χ3v) is 4.74. The van der Waals surface area contributed by atoms with E-state index in [0.29, 0.717) is 6.04 Å². The third-order valence-electron chi connectivity index (χ3n) is 2.80. The summed E-state index contributed by atoms with van der Waals surface area (Å²) in [4.78, 5) is 0. The molecule has 0 aromatic heterocycles. The van der Waals surface area contributed by atoms with Gasteiger partial charge in [-0.2, -0.15) is 0 Å². The Morgan fingerprint density at radius 1 is 1.25 bits per heavy atom. The van der Waals surface area contributed by atoms with Gasteiger partial charge in [0, 0.05) is 33.9 Å². The summed E-state index contributed by atoms with van der Waals surface area (Å²) in [5, 5.41) is 3.51. The quantitative estimate of drug-likeness (QED) is 0.714. The topological polar surface area (TPSA) is 29.1 Å². The van der Waals surface area contributed by atoms with Crippen LogP contribution in [0.5, 0.6) is 0 Å². The van der Waals surface area contributed by atoms with Crippen LogP contribution in [0.2, 0.25) is 0 Å². The second kappa shape index (κ2) is 8.24. The van der Waals surface area contributed by atoms with Crippen molar-refractivity contribution in [3.63, 3.8) is 0 Å². The van der Waals surface area contributed by atoms with E-state index in [1.165, 1.54) is 25.7 Å². The zero-order chi connectivity index (χ0) is 12.6. The smallest absolute Gasteiger partial charge is 0.0375 e. The van der Waals surface area contributed by atoms with Crippen molar-refractivity contribution in [2.24, 2.45) is 0 Å². The molecule has 3 heteroatoms. The van der Waals surface area contributed by atoms with E-state index in [0.717, 1.165) is 12.3 Å². The highest BCUT2D eigenvalue weighted by Gasteiger charge is 2.18. The molecule has 0 bridgehead atoms. The lowest BCUT2D eigenvalue weighted by Crippen LogP contribution is -2.35. The molecule has 0 aromatic rings. The molecule has 0 heterocycles. The van der Waals surface area contributed by atoms with Crippen LogP contribution in [0.3, 0.4) is 0 Å². The van der Waals surface area contributed by atoms with E-state index in [-0.39, 0.29) is 4.75 Å². The van der Waals surface area contributed by atoms with Gasteiger partial charge in [-0.3, -0.25) is 4.21 Å². The van der Waals surface area contributed by atoms with E-state index < -0.39 is 10.8 Å². The van der Waals surface area contributed by atoms with Crippen LogP contribution < -0.4 is 5.32 Å². The van der Waals surface area contributed by atoms with Gasteiger partial charge in [0.05, 0.1) is 0 Å². The minimum atomic E-state index is -0.724. The SMILES string of the molecule is CCCCC(CC)NCCS(=O)C(C)(C)C. The van der Waals surface area contributed by atoms with Gasteiger partial charge in [-0.25, -0.2) is 0 Å². The summed E-state index contributed by atoms with van der Waals surface area (Å²) in [6.45, 7) is 11.4. The molecule has 2 nitrogen and oxygen atoms in total. The molecule has 2 unspecified atom stereocenters. The van der Waals surface area contributed by atoms with Gasteiger partial charge in [0.1, 0.15) is 0 Å². The summed E-state index contributed by atoms with van der Waals surface area (Å²) in [5.74, 6) is 0.770. The molecule has 0 saturated carbocycles. The predicted molar refractivity (Wildman–Crippen MR) is 74.4 cm³/mol. The molecule has 1 N–H and O–H groups in total. The fraction of sp³-hybridized carbons (Fsp3) is 1.00. The first-order chi connectivity index (χ1) is 7.41. The first-order valence-corrected chi connectivity index (χ1v) is 7.85. The lowest BCUT2D eigenvalue weighted by Gasteiger charge is -2.20. The van der Waals surface area contributed by atoms with E-state index in [4.69, 9.17) is 0 Å². The Morgan fingerprint density at radius 3 is 2.31 bits per heavy atom. The van der Waals surface area contributed by atoms with Crippen LogP contribution in [0.4, 0.5) is 0 Å². The van der Waals surface area contributed by atoms with Crippen LogP contribution in [-0.2, 0) is 10.8 Å². The summed E-state index contributed by atoms with van der Waals surface area (Å²) in [7, 11) is -0.724. The summed E-state index contributed by atoms with van der Waals surface area (Å²) in [6, 6.07) is 0.608. The van der Waals surface area contributed by atoms with Gasteiger partial charge in [0.25, 0.3) is 0 Å². The molecular weight excluding hydrogens is 218 g/mol. The highest BCUT2D eigenvalue weighted by molar-refractivity contribution is 7.86. The maximum atomic E-state index is 11.8. The molecule has 0 fully saturated rings. The molecule has 0 radical (unpaired) electrons. The van der Waals surface area contributed by atoms with Crippen molar-refractivity contribution >= 4 is 10.8 Å². The number of nitrogens with one attached hydrogen (secondary N) is 1. The third kappa shape index (κ3) is 7.39. The zero-order valence-corrected chi connectivity index (χ0v) is 12.5.